The van der Waals surface area contributed by atoms with E-state index < -0.39 is 0 Å². The van der Waals surface area contributed by atoms with Crippen LogP contribution in [0.25, 0.3) is 0 Å². The molecule has 0 amide bonds. The van der Waals surface area contributed by atoms with Crippen LogP contribution in [0, 0.1) is 0 Å². The van der Waals surface area contributed by atoms with Crippen LogP contribution in [-0.2, 0) is 24.4 Å². The monoisotopic (exact) mass is 355 g/mol. The zero-order chi connectivity index (χ0) is 18.0. The average molecular weight is 355 g/mol. The Balaban J connectivity index is 1.39. The molecule has 2 N–H and O–H groups in total. The van der Waals surface area contributed by atoms with Crippen molar-refractivity contribution < 1.29 is 4.74 Å². The molecular formula is C20H29N5O. The van der Waals surface area contributed by atoms with Crippen molar-refractivity contribution >= 4 is 5.96 Å². The molecule has 1 aliphatic heterocycles. The number of hydrogen-bond acceptors (Lipinski definition) is 3. The summed E-state index contributed by atoms with van der Waals surface area (Å²) in [4.78, 5) is 6.72. The topological polar surface area (TPSA) is 53.8 Å². The average Bonchev–Trinajstić information content (AvgIpc) is 3.20. The number of guanidine groups is 1. The molecule has 6 nitrogen and oxygen atoms in total. The summed E-state index contributed by atoms with van der Waals surface area (Å²) >= 11 is 0. The van der Waals surface area contributed by atoms with Gasteiger partial charge in [-0.15, -0.1) is 0 Å². The summed E-state index contributed by atoms with van der Waals surface area (Å²) in [6, 6.07) is 12.9. The van der Waals surface area contributed by atoms with Crippen molar-refractivity contribution in [2.45, 2.75) is 19.6 Å². The molecule has 1 aromatic heterocycles. The largest absolute Gasteiger partial charge is 0.379 e. The molecule has 6 heteroatoms. The predicted molar refractivity (Wildman–Crippen MR) is 105 cm³/mol. The summed E-state index contributed by atoms with van der Waals surface area (Å²) in [5.74, 6) is 0.828. The van der Waals surface area contributed by atoms with E-state index in [1.807, 2.05) is 12.1 Å². The minimum atomic E-state index is 0.765. The van der Waals surface area contributed by atoms with Gasteiger partial charge in [-0.25, -0.2) is 0 Å². The molecule has 26 heavy (non-hydrogen) atoms. The van der Waals surface area contributed by atoms with Crippen LogP contribution >= 0.6 is 0 Å². The van der Waals surface area contributed by atoms with Crippen molar-refractivity contribution in [1.29, 1.82) is 0 Å². The van der Waals surface area contributed by atoms with Crippen molar-refractivity contribution in [3.63, 3.8) is 0 Å². The van der Waals surface area contributed by atoms with E-state index in [9.17, 15) is 0 Å². The molecule has 140 valence electrons. The van der Waals surface area contributed by atoms with E-state index in [0.717, 1.165) is 58.4 Å². The standard InChI is InChI=1S/C20H29N5O/c1-21-20(22-8-11-24-9-2-3-10-24)23-16-18-4-6-19(7-5-18)17-25-12-14-26-15-13-25/h2-7,9-10H,8,11-17H2,1H3,(H2,21,22,23). The summed E-state index contributed by atoms with van der Waals surface area (Å²) in [6.07, 6.45) is 4.13. The molecule has 1 fully saturated rings. The highest BCUT2D eigenvalue weighted by Crippen LogP contribution is 2.09. The molecule has 0 radical (unpaired) electrons. The van der Waals surface area contributed by atoms with Gasteiger partial charge in [-0.1, -0.05) is 24.3 Å². The second-order valence-corrected chi connectivity index (χ2v) is 6.48. The van der Waals surface area contributed by atoms with Crippen LogP contribution < -0.4 is 10.6 Å². The molecule has 0 saturated carbocycles. The minimum absolute atomic E-state index is 0.765. The predicted octanol–water partition coefficient (Wildman–Crippen LogP) is 1.69. The Labute approximate surface area is 155 Å². The number of nitrogens with zero attached hydrogens (tertiary/aromatic N) is 3. The summed E-state index contributed by atoms with van der Waals surface area (Å²) in [5, 5.41) is 6.71. The number of nitrogens with one attached hydrogen (secondary N) is 2. The molecule has 0 atom stereocenters. The van der Waals surface area contributed by atoms with E-state index in [-0.39, 0.29) is 0 Å². The number of aromatic nitrogens is 1. The molecule has 0 bridgehead atoms. The lowest BCUT2D eigenvalue weighted by Crippen LogP contribution is -2.38. The Morgan fingerprint density at radius 3 is 2.42 bits per heavy atom. The van der Waals surface area contributed by atoms with Gasteiger partial charge in [-0.05, 0) is 23.3 Å². The molecule has 2 heterocycles. The Kier molecular flexibility index (Phi) is 7.10. The van der Waals surface area contributed by atoms with E-state index in [0.29, 0.717) is 0 Å². The Morgan fingerprint density at radius 2 is 1.73 bits per heavy atom. The maximum Gasteiger partial charge on any atom is 0.191 e. The number of benzene rings is 1. The van der Waals surface area contributed by atoms with Gasteiger partial charge in [0, 0.05) is 58.7 Å². The van der Waals surface area contributed by atoms with E-state index in [1.54, 1.807) is 7.05 Å². The molecular weight excluding hydrogens is 326 g/mol. The van der Waals surface area contributed by atoms with Crippen LogP contribution in [0.3, 0.4) is 0 Å². The first-order chi connectivity index (χ1) is 12.8. The Bertz CT molecular complexity index is 660. The minimum Gasteiger partial charge on any atom is -0.379 e. The molecule has 0 spiro atoms. The fraction of sp³-hybridized carbons (Fsp3) is 0.450. The number of ether oxygens (including phenoxy) is 1. The van der Waals surface area contributed by atoms with E-state index in [4.69, 9.17) is 4.74 Å². The third-order valence-corrected chi connectivity index (χ3v) is 4.55. The maximum absolute atomic E-state index is 5.40. The van der Waals surface area contributed by atoms with Crippen LogP contribution in [0.2, 0.25) is 0 Å². The highest BCUT2D eigenvalue weighted by Gasteiger charge is 2.10. The van der Waals surface area contributed by atoms with Gasteiger partial charge in [0.25, 0.3) is 0 Å². The molecule has 0 aliphatic carbocycles. The van der Waals surface area contributed by atoms with Crippen LogP contribution in [0.4, 0.5) is 0 Å². The zero-order valence-corrected chi connectivity index (χ0v) is 15.5. The van der Waals surface area contributed by atoms with Crippen LogP contribution in [0.1, 0.15) is 11.1 Å². The van der Waals surface area contributed by atoms with Gasteiger partial charge < -0.3 is 19.9 Å². The van der Waals surface area contributed by atoms with E-state index in [1.165, 1.54) is 11.1 Å². The fourth-order valence-electron chi connectivity index (χ4n) is 3.01. The lowest BCUT2D eigenvalue weighted by Gasteiger charge is -2.26. The van der Waals surface area contributed by atoms with Gasteiger partial charge in [-0.3, -0.25) is 9.89 Å². The third kappa shape index (κ3) is 5.89. The van der Waals surface area contributed by atoms with Crippen LogP contribution in [-0.4, -0.2) is 55.3 Å². The second kappa shape index (κ2) is 9.99. The van der Waals surface area contributed by atoms with Crippen molar-refractivity contribution in [2.24, 2.45) is 4.99 Å². The quantitative estimate of drug-likeness (QED) is 0.586. The normalized spacial score (nSPS) is 15.8. The van der Waals surface area contributed by atoms with Gasteiger partial charge >= 0.3 is 0 Å². The van der Waals surface area contributed by atoms with Gasteiger partial charge in [0.05, 0.1) is 13.2 Å². The number of hydrogen-bond donors (Lipinski definition) is 2. The van der Waals surface area contributed by atoms with Crippen molar-refractivity contribution in [2.75, 3.05) is 39.9 Å². The summed E-state index contributed by atoms with van der Waals surface area (Å²) < 4.78 is 7.55. The smallest absolute Gasteiger partial charge is 0.191 e. The van der Waals surface area contributed by atoms with Gasteiger partial charge in [-0.2, -0.15) is 0 Å². The maximum atomic E-state index is 5.40. The molecule has 1 aromatic carbocycles. The Hall–Kier alpha value is -2.31. The second-order valence-electron chi connectivity index (χ2n) is 6.48. The molecule has 1 saturated heterocycles. The molecule has 0 unspecified atom stereocenters. The SMILES string of the molecule is CN=C(NCCn1cccc1)NCc1ccc(CN2CCOCC2)cc1. The summed E-state index contributed by atoms with van der Waals surface area (Å²) in [6.45, 7) is 7.26. The van der Waals surface area contributed by atoms with Gasteiger partial charge in [0.1, 0.15) is 0 Å². The fourth-order valence-corrected chi connectivity index (χ4v) is 3.01. The summed E-state index contributed by atoms with van der Waals surface area (Å²) in [5.41, 5.74) is 2.61. The van der Waals surface area contributed by atoms with Crippen LogP contribution in [0.15, 0.2) is 53.8 Å². The Morgan fingerprint density at radius 1 is 1.04 bits per heavy atom. The lowest BCUT2D eigenvalue weighted by molar-refractivity contribution is 0.0342. The third-order valence-electron chi connectivity index (χ3n) is 4.55. The van der Waals surface area contributed by atoms with Gasteiger partial charge in [0.2, 0.25) is 0 Å². The molecule has 2 aromatic rings. The van der Waals surface area contributed by atoms with Crippen molar-refractivity contribution in [3.05, 3.63) is 59.9 Å². The number of aliphatic imine (C=N–C) groups is 1. The molecule has 1 aliphatic rings. The highest BCUT2D eigenvalue weighted by atomic mass is 16.5. The van der Waals surface area contributed by atoms with Crippen molar-refractivity contribution in [1.82, 2.24) is 20.1 Å². The number of rotatable bonds is 7. The van der Waals surface area contributed by atoms with Crippen molar-refractivity contribution in [3.8, 4) is 0 Å². The number of morpholine rings is 1. The van der Waals surface area contributed by atoms with E-state index in [2.05, 4.69) is 61.8 Å². The first-order valence-electron chi connectivity index (χ1n) is 9.27. The first kappa shape index (κ1) is 18.5. The molecule has 3 rings (SSSR count). The zero-order valence-electron chi connectivity index (χ0n) is 15.5. The highest BCUT2D eigenvalue weighted by molar-refractivity contribution is 5.79. The lowest BCUT2D eigenvalue weighted by atomic mass is 10.1. The summed E-state index contributed by atoms with van der Waals surface area (Å²) in [7, 11) is 1.80. The van der Waals surface area contributed by atoms with E-state index >= 15 is 0 Å². The first-order valence-corrected chi connectivity index (χ1v) is 9.27. The van der Waals surface area contributed by atoms with Crippen LogP contribution in [0.5, 0.6) is 0 Å². The van der Waals surface area contributed by atoms with Gasteiger partial charge in [0.15, 0.2) is 5.96 Å².